The van der Waals surface area contributed by atoms with Crippen molar-refractivity contribution in [3.05, 3.63) is 24.2 Å². The van der Waals surface area contributed by atoms with E-state index in [0.29, 0.717) is 53.7 Å². The van der Waals surface area contributed by atoms with Gasteiger partial charge in [0, 0.05) is 18.7 Å². The Labute approximate surface area is 210 Å². The van der Waals surface area contributed by atoms with Crippen LogP contribution in [-0.4, -0.2) is 66.3 Å². The lowest BCUT2D eigenvalue weighted by Gasteiger charge is -2.34. The number of rotatable bonds is 5. The first-order chi connectivity index (χ1) is 17.5. The summed E-state index contributed by atoms with van der Waals surface area (Å²) < 4.78 is 47.3. The van der Waals surface area contributed by atoms with Crippen LogP contribution in [0, 0.1) is 6.92 Å². The van der Waals surface area contributed by atoms with Gasteiger partial charge in [-0.15, -0.1) is 10.2 Å². The van der Waals surface area contributed by atoms with E-state index in [1.807, 2.05) is 23.7 Å². The standard InChI is InChI=1S/C23H26F2N8O2S/c1-13-9-16(33(29-13)18-5-3-4-7-35-18)19-20-21(36-30-19)15(22-28-26-12-32(22)23(24)25)10-17(27-20)31-6-8-34-11-14(31)2/h9-10,12,14,18,23H,3-8,11H2,1-2H3/t14-,18?/m1/s1. The van der Waals surface area contributed by atoms with Crippen LogP contribution in [-0.2, 0) is 9.47 Å². The van der Waals surface area contributed by atoms with Crippen LogP contribution in [0.25, 0.3) is 33.0 Å². The maximum absolute atomic E-state index is 13.8. The largest absolute Gasteiger partial charge is 0.377 e. The van der Waals surface area contributed by atoms with Gasteiger partial charge >= 0.3 is 6.55 Å². The first-order valence-corrected chi connectivity index (χ1v) is 12.8. The number of nitrogens with zero attached hydrogens (tertiary/aromatic N) is 8. The Balaban J connectivity index is 1.56. The van der Waals surface area contributed by atoms with Crippen molar-refractivity contribution in [2.75, 3.05) is 31.3 Å². The number of morpholine rings is 1. The summed E-state index contributed by atoms with van der Waals surface area (Å²) in [5.74, 6) is 0.741. The van der Waals surface area contributed by atoms with E-state index in [1.165, 1.54) is 11.5 Å². The highest BCUT2D eigenvalue weighted by molar-refractivity contribution is 7.14. The Morgan fingerprint density at radius 3 is 2.86 bits per heavy atom. The zero-order chi connectivity index (χ0) is 24.8. The molecule has 6 rings (SSSR count). The molecule has 6 heterocycles. The van der Waals surface area contributed by atoms with Crippen molar-refractivity contribution in [3.63, 3.8) is 0 Å². The average molecular weight is 517 g/mol. The fourth-order valence-electron chi connectivity index (χ4n) is 4.86. The fraction of sp³-hybridized carbons (Fsp3) is 0.522. The molecule has 36 heavy (non-hydrogen) atoms. The van der Waals surface area contributed by atoms with Crippen molar-refractivity contribution in [2.24, 2.45) is 0 Å². The molecule has 0 radical (unpaired) electrons. The van der Waals surface area contributed by atoms with Gasteiger partial charge in [0.05, 0.1) is 35.3 Å². The summed E-state index contributed by atoms with van der Waals surface area (Å²) in [6.45, 7) is 3.66. The minimum absolute atomic E-state index is 0.0722. The molecule has 0 amide bonds. The highest BCUT2D eigenvalue weighted by Gasteiger charge is 2.28. The van der Waals surface area contributed by atoms with E-state index >= 15 is 0 Å². The Hall–Kier alpha value is -3.03. The van der Waals surface area contributed by atoms with Gasteiger partial charge in [-0.1, -0.05) is 0 Å². The quantitative estimate of drug-likeness (QED) is 0.384. The topological polar surface area (TPSA) is 96.0 Å². The van der Waals surface area contributed by atoms with Crippen LogP contribution in [0.3, 0.4) is 0 Å². The van der Waals surface area contributed by atoms with Gasteiger partial charge in [-0.25, -0.2) is 9.67 Å². The predicted octanol–water partition coefficient (Wildman–Crippen LogP) is 4.44. The monoisotopic (exact) mass is 516 g/mol. The Morgan fingerprint density at radius 1 is 1.19 bits per heavy atom. The van der Waals surface area contributed by atoms with E-state index in [1.54, 1.807) is 0 Å². The summed E-state index contributed by atoms with van der Waals surface area (Å²) in [6, 6.07) is 3.85. The number of hydrogen-bond donors (Lipinski definition) is 0. The average Bonchev–Trinajstić information content (AvgIpc) is 3.62. The molecule has 4 aromatic rings. The lowest BCUT2D eigenvalue weighted by Crippen LogP contribution is -2.44. The highest BCUT2D eigenvalue weighted by atomic mass is 32.1. The molecular formula is C23H26F2N8O2S. The number of pyridine rings is 1. The molecule has 2 atom stereocenters. The summed E-state index contributed by atoms with van der Waals surface area (Å²) in [6.07, 6.45) is 3.82. The van der Waals surface area contributed by atoms with E-state index in [2.05, 4.69) is 22.0 Å². The Morgan fingerprint density at radius 2 is 2.08 bits per heavy atom. The zero-order valence-electron chi connectivity index (χ0n) is 20.0. The number of ether oxygens (including phenoxy) is 2. The molecule has 0 bridgehead atoms. The van der Waals surface area contributed by atoms with Gasteiger partial charge in [0.15, 0.2) is 12.1 Å². The molecule has 2 fully saturated rings. The van der Waals surface area contributed by atoms with Crippen LogP contribution in [0.15, 0.2) is 18.5 Å². The molecule has 10 nitrogen and oxygen atoms in total. The van der Waals surface area contributed by atoms with Crippen molar-refractivity contribution in [1.82, 2.24) is 33.9 Å². The van der Waals surface area contributed by atoms with Crippen molar-refractivity contribution in [3.8, 4) is 22.8 Å². The molecule has 13 heteroatoms. The molecule has 2 aliphatic rings. The summed E-state index contributed by atoms with van der Waals surface area (Å²) in [4.78, 5) is 7.15. The maximum Gasteiger partial charge on any atom is 0.321 e. The predicted molar refractivity (Wildman–Crippen MR) is 130 cm³/mol. The van der Waals surface area contributed by atoms with Gasteiger partial charge in [0.25, 0.3) is 0 Å². The molecule has 0 spiro atoms. The second kappa shape index (κ2) is 9.45. The molecule has 0 aromatic carbocycles. The number of alkyl halides is 2. The van der Waals surface area contributed by atoms with Crippen LogP contribution in [0.1, 0.15) is 44.7 Å². The normalized spacial score (nSPS) is 21.1. The number of aromatic nitrogens is 7. The third kappa shape index (κ3) is 4.04. The highest BCUT2D eigenvalue weighted by Crippen LogP contribution is 2.40. The third-order valence-corrected chi connectivity index (χ3v) is 7.50. The van der Waals surface area contributed by atoms with E-state index < -0.39 is 6.55 Å². The lowest BCUT2D eigenvalue weighted by molar-refractivity contribution is -0.0385. The fourth-order valence-corrected chi connectivity index (χ4v) is 5.70. The van der Waals surface area contributed by atoms with Crippen molar-refractivity contribution < 1.29 is 18.3 Å². The van der Waals surface area contributed by atoms with Crippen molar-refractivity contribution in [2.45, 2.75) is 51.9 Å². The smallest absolute Gasteiger partial charge is 0.321 e. The number of fused-ring (bicyclic) bond motifs is 1. The summed E-state index contributed by atoms with van der Waals surface area (Å²) in [5, 5.41) is 12.5. The first-order valence-electron chi connectivity index (χ1n) is 12.0. The molecule has 2 saturated heterocycles. The number of halogens is 2. The molecule has 1 unspecified atom stereocenters. The maximum atomic E-state index is 13.8. The molecular weight excluding hydrogens is 490 g/mol. The Bertz CT molecular complexity index is 1380. The SMILES string of the molecule is Cc1cc(-c2nsc3c(-c4nncn4C(F)F)cc(N4CCOC[C@H]4C)nc23)n(C2CCCCO2)n1. The minimum Gasteiger partial charge on any atom is -0.377 e. The van der Waals surface area contributed by atoms with Crippen LogP contribution in [0.5, 0.6) is 0 Å². The summed E-state index contributed by atoms with van der Waals surface area (Å²) >= 11 is 1.21. The van der Waals surface area contributed by atoms with Crippen molar-refractivity contribution in [1.29, 1.82) is 0 Å². The molecule has 2 aliphatic heterocycles. The second-order valence-corrected chi connectivity index (χ2v) is 9.90. The Kier molecular flexibility index (Phi) is 6.13. The number of anilines is 1. The van der Waals surface area contributed by atoms with Gasteiger partial charge in [0.2, 0.25) is 0 Å². The molecule has 0 N–H and O–H groups in total. The van der Waals surface area contributed by atoms with E-state index in [0.717, 1.165) is 41.5 Å². The second-order valence-electron chi connectivity index (χ2n) is 9.13. The van der Waals surface area contributed by atoms with E-state index in [-0.39, 0.29) is 18.1 Å². The minimum atomic E-state index is -2.77. The first kappa shape index (κ1) is 23.4. The molecule has 0 saturated carbocycles. The number of aryl methyl sites for hydroxylation is 1. The van der Waals surface area contributed by atoms with Gasteiger partial charge < -0.3 is 14.4 Å². The van der Waals surface area contributed by atoms with E-state index in [4.69, 9.17) is 23.9 Å². The van der Waals surface area contributed by atoms with Crippen molar-refractivity contribution >= 4 is 27.6 Å². The zero-order valence-corrected chi connectivity index (χ0v) is 20.8. The lowest BCUT2D eigenvalue weighted by atomic mass is 10.1. The number of hydrogen-bond acceptors (Lipinski definition) is 9. The van der Waals surface area contributed by atoms with Gasteiger partial charge in [-0.3, -0.25) is 4.57 Å². The van der Waals surface area contributed by atoms with E-state index in [9.17, 15) is 8.78 Å². The van der Waals surface area contributed by atoms with Gasteiger partial charge in [-0.05, 0) is 56.8 Å². The summed E-state index contributed by atoms with van der Waals surface area (Å²) in [5.41, 5.74) is 3.43. The van der Waals surface area contributed by atoms with Crippen LogP contribution >= 0.6 is 11.5 Å². The summed E-state index contributed by atoms with van der Waals surface area (Å²) in [7, 11) is 0. The third-order valence-electron chi connectivity index (χ3n) is 6.63. The van der Waals surface area contributed by atoms with Crippen LogP contribution in [0.4, 0.5) is 14.6 Å². The molecule has 4 aromatic heterocycles. The van der Waals surface area contributed by atoms with Crippen LogP contribution < -0.4 is 4.90 Å². The molecule has 0 aliphatic carbocycles. The molecule has 190 valence electrons. The van der Waals surface area contributed by atoms with Gasteiger partial charge in [0.1, 0.15) is 23.4 Å². The van der Waals surface area contributed by atoms with Crippen LogP contribution in [0.2, 0.25) is 0 Å². The van der Waals surface area contributed by atoms with Gasteiger partial charge in [-0.2, -0.15) is 18.3 Å².